The molecular weight excluding hydrogens is 380 g/mol. The Labute approximate surface area is 166 Å². The lowest BCUT2D eigenvalue weighted by molar-refractivity contribution is -0.115. The third-order valence-corrected chi connectivity index (χ3v) is 4.03. The predicted octanol–water partition coefficient (Wildman–Crippen LogP) is 3.18. The molecule has 9 heteroatoms. The summed E-state index contributed by atoms with van der Waals surface area (Å²) in [7, 11) is 3.80. The average molecular weight is 401 g/mol. The van der Waals surface area contributed by atoms with Gasteiger partial charge in [0.15, 0.2) is 5.82 Å². The molecule has 0 bridgehead atoms. The zero-order chi connectivity index (χ0) is 20.8. The SMILES string of the molecule is CN(C)c1ccc(CC(=O)Nc2ccn(Cc3ccc(OC(F)F)cc3)n2)cn1. The summed E-state index contributed by atoms with van der Waals surface area (Å²) in [6.45, 7) is -2.42. The highest BCUT2D eigenvalue weighted by molar-refractivity contribution is 5.91. The van der Waals surface area contributed by atoms with Crippen LogP contribution in [-0.2, 0) is 17.8 Å². The van der Waals surface area contributed by atoms with Crippen LogP contribution in [0.1, 0.15) is 11.1 Å². The maximum absolute atomic E-state index is 12.2. The molecule has 2 heterocycles. The Bertz CT molecular complexity index is 940. The number of rotatable bonds is 8. The molecule has 3 aromatic rings. The van der Waals surface area contributed by atoms with Crippen molar-refractivity contribution in [3.63, 3.8) is 0 Å². The van der Waals surface area contributed by atoms with Gasteiger partial charge >= 0.3 is 6.61 Å². The first-order valence-electron chi connectivity index (χ1n) is 8.88. The summed E-state index contributed by atoms with van der Waals surface area (Å²) in [5.74, 6) is 1.17. The van der Waals surface area contributed by atoms with Crippen molar-refractivity contribution >= 4 is 17.5 Å². The highest BCUT2D eigenvalue weighted by Crippen LogP contribution is 2.16. The van der Waals surface area contributed by atoms with Gasteiger partial charge in [0.2, 0.25) is 5.91 Å². The third kappa shape index (κ3) is 6.00. The van der Waals surface area contributed by atoms with Crippen LogP contribution in [0.2, 0.25) is 0 Å². The molecule has 0 saturated carbocycles. The monoisotopic (exact) mass is 401 g/mol. The Kier molecular flexibility index (Phi) is 6.38. The molecular formula is C20H21F2N5O2. The van der Waals surface area contributed by atoms with E-state index < -0.39 is 6.61 Å². The molecule has 0 fully saturated rings. The van der Waals surface area contributed by atoms with Crippen LogP contribution in [0.5, 0.6) is 5.75 Å². The summed E-state index contributed by atoms with van der Waals surface area (Å²) in [5, 5.41) is 7.06. The Morgan fingerprint density at radius 2 is 1.86 bits per heavy atom. The summed E-state index contributed by atoms with van der Waals surface area (Å²) in [5.41, 5.74) is 1.67. The van der Waals surface area contributed by atoms with Crippen LogP contribution in [-0.4, -0.2) is 41.4 Å². The maximum atomic E-state index is 12.2. The van der Waals surface area contributed by atoms with Gasteiger partial charge in [0.05, 0.1) is 13.0 Å². The summed E-state index contributed by atoms with van der Waals surface area (Å²) < 4.78 is 30.3. The van der Waals surface area contributed by atoms with Crippen LogP contribution in [0.25, 0.3) is 0 Å². The normalized spacial score (nSPS) is 10.8. The van der Waals surface area contributed by atoms with Crippen molar-refractivity contribution in [2.75, 3.05) is 24.3 Å². The van der Waals surface area contributed by atoms with E-state index in [1.807, 2.05) is 31.1 Å². The second-order valence-corrected chi connectivity index (χ2v) is 6.57. The van der Waals surface area contributed by atoms with Crippen LogP contribution < -0.4 is 15.0 Å². The van der Waals surface area contributed by atoms with Crippen molar-refractivity contribution in [2.45, 2.75) is 19.6 Å². The summed E-state index contributed by atoms with van der Waals surface area (Å²) in [6, 6.07) is 11.7. The van der Waals surface area contributed by atoms with Gasteiger partial charge < -0.3 is 15.0 Å². The largest absolute Gasteiger partial charge is 0.435 e. The second kappa shape index (κ2) is 9.13. The number of carbonyl (C=O) groups is 1. The number of aromatic nitrogens is 3. The smallest absolute Gasteiger partial charge is 0.387 e. The highest BCUT2D eigenvalue weighted by Gasteiger charge is 2.08. The van der Waals surface area contributed by atoms with Crippen LogP contribution in [0.15, 0.2) is 54.9 Å². The molecule has 1 aromatic carbocycles. The van der Waals surface area contributed by atoms with Gasteiger partial charge in [-0.3, -0.25) is 9.48 Å². The Morgan fingerprint density at radius 1 is 1.14 bits per heavy atom. The second-order valence-electron chi connectivity index (χ2n) is 6.57. The predicted molar refractivity (Wildman–Crippen MR) is 105 cm³/mol. The first kappa shape index (κ1) is 20.2. The van der Waals surface area contributed by atoms with E-state index in [0.29, 0.717) is 12.4 Å². The van der Waals surface area contributed by atoms with Crippen LogP contribution >= 0.6 is 0 Å². The number of pyridine rings is 1. The molecule has 0 aliphatic rings. The number of ether oxygens (including phenoxy) is 1. The number of hydrogen-bond donors (Lipinski definition) is 1. The number of nitrogens with one attached hydrogen (secondary N) is 1. The Morgan fingerprint density at radius 3 is 2.48 bits per heavy atom. The molecule has 0 atom stereocenters. The fourth-order valence-corrected chi connectivity index (χ4v) is 2.64. The third-order valence-electron chi connectivity index (χ3n) is 4.03. The molecule has 0 saturated heterocycles. The minimum absolute atomic E-state index is 0.102. The van der Waals surface area contributed by atoms with Crippen LogP contribution in [0.3, 0.4) is 0 Å². The number of alkyl halides is 2. The van der Waals surface area contributed by atoms with Gasteiger partial charge in [0.25, 0.3) is 0 Å². The first-order valence-corrected chi connectivity index (χ1v) is 8.88. The van der Waals surface area contributed by atoms with Gasteiger partial charge in [0.1, 0.15) is 11.6 Å². The Balaban J connectivity index is 1.53. The minimum Gasteiger partial charge on any atom is -0.435 e. The van der Waals surface area contributed by atoms with E-state index in [1.54, 1.807) is 35.3 Å². The lowest BCUT2D eigenvalue weighted by atomic mass is 10.2. The van der Waals surface area contributed by atoms with Crippen molar-refractivity contribution in [3.05, 3.63) is 66.0 Å². The molecule has 1 N–H and O–H groups in total. The molecule has 3 rings (SSSR count). The molecule has 152 valence electrons. The molecule has 0 aliphatic carbocycles. The average Bonchev–Trinajstić information content (AvgIpc) is 3.10. The number of hydrogen-bond acceptors (Lipinski definition) is 5. The van der Waals surface area contributed by atoms with E-state index >= 15 is 0 Å². The number of anilines is 2. The van der Waals surface area contributed by atoms with Crippen molar-refractivity contribution in [1.82, 2.24) is 14.8 Å². The van der Waals surface area contributed by atoms with Crippen molar-refractivity contribution < 1.29 is 18.3 Å². The maximum Gasteiger partial charge on any atom is 0.387 e. The van der Waals surface area contributed by atoms with E-state index in [-0.39, 0.29) is 18.1 Å². The van der Waals surface area contributed by atoms with E-state index in [0.717, 1.165) is 16.9 Å². The van der Waals surface area contributed by atoms with E-state index in [2.05, 4.69) is 20.1 Å². The lowest BCUT2D eigenvalue weighted by Crippen LogP contribution is -2.16. The first-order chi connectivity index (χ1) is 13.9. The topological polar surface area (TPSA) is 72.3 Å². The summed E-state index contributed by atoms with van der Waals surface area (Å²) in [4.78, 5) is 18.4. The zero-order valence-corrected chi connectivity index (χ0v) is 16.0. The summed E-state index contributed by atoms with van der Waals surface area (Å²) in [6.07, 6.45) is 3.60. The molecule has 0 unspecified atom stereocenters. The zero-order valence-electron chi connectivity index (χ0n) is 16.0. The molecule has 0 aliphatic heterocycles. The fraction of sp³-hybridized carbons (Fsp3) is 0.250. The molecule has 2 aromatic heterocycles. The lowest BCUT2D eigenvalue weighted by Gasteiger charge is -2.11. The van der Waals surface area contributed by atoms with E-state index in [1.165, 1.54) is 12.1 Å². The quantitative estimate of drug-likeness (QED) is 0.628. The fourth-order valence-electron chi connectivity index (χ4n) is 2.64. The summed E-state index contributed by atoms with van der Waals surface area (Å²) >= 11 is 0. The standard InChI is InChI=1S/C20H21F2N5O2/c1-26(2)18-8-5-15(12-23-18)11-19(28)24-17-9-10-27(25-17)13-14-3-6-16(7-4-14)29-20(21)22/h3-10,12,20H,11,13H2,1-2H3,(H,24,25,28). The Hall–Kier alpha value is -3.49. The van der Waals surface area contributed by atoms with Crippen molar-refractivity contribution in [3.8, 4) is 5.75 Å². The number of benzene rings is 1. The van der Waals surface area contributed by atoms with E-state index in [9.17, 15) is 13.6 Å². The minimum atomic E-state index is -2.85. The van der Waals surface area contributed by atoms with Gasteiger partial charge in [-0.1, -0.05) is 18.2 Å². The van der Waals surface area contributed by atoms with Crippen LogP contribution in [0.4, 0.5) is 20.4 Å². The highest BCUT2D eigenvalue weighted by atomic mass is 19.3. The van der Waals surface area contributed by atoms with Crippen molar-refractivity contribution in [1.29, 1.82) is 0 Å². The number of nitrogens with zero attached hydrogens (tertiary/aromatic N) is 4. The number of amides is 1. The van der Waals surface area contributed by atoms with Gasteiger partial charge in [-0.2, -0.15) is 13.9 Å². The van der Waals surface area contributed by atoms with Gasteiger partial charge in [0, 0.05) is 32.6 Å². The molecule has 1 amide bonds. The van der Waals surface area contributed by atoms with Crippen molar-refractivity contribution in [2.24, 2.45) is 0 Å². The number of carbonyl (C=O) groups excluding carboxylic acids is 1. The number of halogens is 2. The van der Waals surface area contributed by atoms with Crippen LogP contribution in [0, 0.1) is 0 Å². The van der Waals surface area contributed by atoms with Gasteiger partial charge in [-0.15, -0.1) is 0 Å². The van der Waals surface area contributed by atoms with Gasteiger partial charge in [-0.05, 0) is 29.3 Å². The van der Waals surface area contributed by atoms with E-state index in [4.69, 9.17) is 0 Å². The molecule has 0 radical (unpaired) electrons. The van der Waals surface area contributed by atoms with Gasteiger partial charge in [-0.25, -0.2) is 4.98 Å². The molecule has 29 heavy (non-hydrogen) atoms. The molecule has 0 spiro atoms. The molecule has 7 nitrogen and oxygen atoms in total.